The molecule has 0 fully saturated rings. The number of aryl methyl sites for hydroxylation is 3. The molecule has 4 heteroatoms. The van der Waals surface area contributed by atoms with E-state index in [9.17, 15) is 9.59 Å². The van der Waals surface area contributed by atoms with Crippen LogP contribution >= 0.6 is 0 Å². The minimum atomic E-state index is -0.346. The number of aromatic hydroxyl groups is 1. The van der Waals surface area contributed by atoms with E-state index in [2.05, 4.69) is 51.6 Å². The second-order valence-corrected chi connectivity index (χ2v) is 9.98. The van der Waals surface area contributed by atoms with Crippen LogP contribution in [0.15, 0.2) is 61.2 Å². The molecule has 38 heavy (non-hydrogen) atoms. The molecule has 0 bridgehead atoms. The molecule has 2 aromatic carbocycles. The van der Waals surface area contributed by atoms with Crippen LogP contribution in [-0.4, -0.2) is 23.0 Å². The van der Waals surface area contributed by atoms with Gasteiger partial charge in [0.15, 0.2) is 0 Å². The molecule has 2 atom stereocenters. The van der Waals surface area contributed by atoms with Crippen molar-refractivity contribution in [3.63, 3.8) is 0 Å². The molecule has 0 aliphatic carbocycles. The zero-order chi connectivity index (χ0) is 29.6. The molecule has 0 amide bonds. The Balaban J connectivity index is 0. The Labute approximate surface area is 232 Å². The zero-order valence-electron chi connectivity index (χ0n) is 25.2. The number of ketones is 2. The summed E-state index contributed by atoms with van der Waals surface area (Å²) in [4.78, 5) is 32.3. The maximum absolute atomic E-state index is 11.8. The SMILES string of the molecule is C=CCC(C)(CCC(C)C(=O)CCCC)C(C)=O.CC=O.CCc1ccc(C)cc1.Cc1ccccc1O. The summed E-state index contributed by atoms with van der Waals surface area (Å²) in [5, 5.41) is 8.92. The van der Waals surface area contributed by atoms with Gasteiger partial charge in [-0.25, -0.2) is 0 Å². The highest BCUT2D eigenvalue weighted by Gasteiger charge is 2.29. The van der Waals surface area contributed by atoms with Gasteiger partial charge in [-0.15, -0.1) is 6.58 Å². The van der Waals surface area contributed by atoms with Crippen LogP contribution in [-0.2, 0) is 20.8 Å². The van der Waals surface area contributed by atoms with Gasteiger partial charge in [-0.3, -0.25) is 9.59 Å². The van der Waals surface area contributed by atoms with Crippen LogP contribution in [0.25, 0.3) is 0 Å². The van der Waals surface area contributed by atoms with E-state index in [0.29, 0.717) is 24.4 Å². The van der Waals surface area contributed by atoms with Crippen molar-refractivity contribution in [2.45, 2.75) is 100 Å². The van der Waals surface area contributed by atoms with Crippen LogP contribution in [0.5, 0.6) is 5.75 Å². The summed E-state index contributed by atoms with van der Waals surface area (Å²) < 4.78 is 0. The summed E-state index contributed by atoms with van der Waals surface area (Å²) >= 11 is 0. The largest absolute Gasteiger partial charge is 0.508 e. The summed E-state index contributed by atoms with van der Waals surface area (Å²) in [5.74, 6) is 0.963. The Morgan fingerprint density at radius 3 is 2.00 bits per heavy atom. The van der Waals surface area contributed by atoms with Crippen LogP contribution in [0.1, 0.15) is 96.8 Å². The van der Waals surface area contributed by atoms with Gasteiger partial charge in [0.25, 0.3) is 0 Å². The number of carbonyl (C=O) groups excluding carboxylic acids is 3. The highest BCUT2D eigenvalue weighted by atomic mass is 16.3. The van der Waals surface area contributed by atoms with Crippen molar-refractivity contribution in [2.24, 2.45) is 11.3 Å². The Morgan fingerprint density at radius 1 is 1.05 bits per heavy atom. The molecule has 0 aliphatic rings. The predicted octanol–water partition coefficient (Wildman–Crippen LogP) is 8.80. The summed E-state index contributed by atoms with van der Waals surface area (Å²) in [6.45, 7) is 19.0. The molecule has 212 valence electrons. The van der Waals surface area contributed by atoms with E-state index < -0.39 is 0 Å². The molecule has 2 rings (SSSR count). The fourth-order valence-electron chi connectivity index (χ4n) is 3.42. The molecule has 0 saturated carbocycles. The Morgan fingerprint density at radius 2 is 1.61 bits per heavy atom. The Hall–Kier alpha value is -3.01. The van der Waals surface area contributed by atoms with Crippen molar-refractivity contribution < 1.29 is 19.5 Å². The van der Waals surface area contributed by atoms with Crippen LogP contribution in [0.3, 0.4) is 0 Å². The molecule has 0 saturated heterocycles. The van der Waals surface area contributed by atoms with E-state index in [1.54, 1.807) is 19.1 Å². The lowest BCUT2D eigenvalue weighted by Gasteiger charge is -2.26. The van der Waals surface area contributed by atoms with E-state index in [0.717, 1.165) is 44.0 Å². The molecule has 0 spiro atoms. The van der Waals surface area contributed by atoms with Crippen LogP contribution in [0.2, 0.25) is 0 Å². The molecule has 0 aromatic heterocycles. The van der Waals surface area contributed by atoms with Crippen molar-refractivity contribution in [2.75, 3.05) is 0 Å². The number of benzene rings is 2. The first-order valence-corrected chi connectivity index (χ1v) is 13.8. The minimum Gasteiger partial charge on any atom is -0.508 e. The van der Waals surface area contributed by atoms with E-state index in [-0.39, 0.29) is 17.1 Å². The third-order valence-corrected chi connectivity index (χ3v) is 6.54. The monoisotopic (exact) mass is 524 g/mol. The second-order valence-electron chi connectivity index (χ2n) is 9.98. The molecule has 0 heterocycles. The Kier molecular flexibility index (Phi) is 21.5. The lowest BCUT2D eigenvalue weighted by molar-refractivity contribution is -0.127. The fourth-order valence-corrected chi connectivity index (χ4v) is 3.42. The maximum atomic E-state index is 11.8. The third kappa shape index (κ3) is 17.4. The van der Waals surface area contributed by atoms with E-state index in [1.807, 2.05) is 39.0 Å². The second kappa shape index (κ2) is 22.0. The van der Waals surface area contributed by atoms with Crippen LogP contribution in [0.4, 0.5) is 0 Å². The highest BCUT2D eigenvalue weighted by molar-refractivity contribution is 5.83. The van der Waals surface area contributed by atoms with Crippen molar-refractivity contribution in [1.29, 1.82) is 0 Å². The number of allylic oxidation sites excluding steroid dienone is 1. The summed E-state index contributed by atoms with van der Waals surface area (Å²) in [5.41, 5.74) is 3.33. The number of unbranched alkanes of at least 4 members (excludes halogenated alkanes) is 1. The van der Waals surface area contributed by atoms with Gasteiger partial charge in [0.2, 0.25) is 0 Å². The van der Waals surface area contributed by atoms with Crippen molar-refractivity contribution >= 4 is 17.9 Å². The first-order chi connectivity index (χ1) is 17.9. The fraction of sp³-hybridized carbons (Fsp3) is 0.500. The van der Waals surface area contributed by atoms with Crippen LogP contribution < -0.4 is 0 Å². The lowest BCUT2D eigenvalue weighted by Crippen LogP contribution is -2.26. The highest BCUT2D eigenvalue weighted by Crippen LogP contribution is 2.31. The topological polar surface area (TPSA) is 71.4 Å². The van der Waals surface area contributed by atoms with Gasteiger partial charge in [0, 0.05) is 17.8 Å². The number of phenolic OH excluding ortho intramolecular Hbond substituents is 1. The molecule has 1 N–H and O–H groups in total. The number of hydrogen-bond acceptors (Lipinski definition) is 4. The lowest BCUT2D eigenvalue weighted by atomic mass is 9.76. The average Bonchev–Trinajstić information content (AvgIpc) is 2.89. The number of phenols is 1. The minimum absolute atomic E-state index is 0.0695. The van der Waals surface area contributed by atoms with Gasteiger partial charge in [-0.05, 0) is 77.0 Å². The molecular formula is C34H52O4. The molecule has 4 nitrogen and oxygen atoms in total. The standard InChI is InChI=1S/C16H28O2.C9H12.C7H8O.C2H4O/c1-6-8-9-15(18)13(3)10-12-16(5,11-7-2)14(4)17;1-3-9-6-4-8(2)5-7-9;1-6-4-2-3-5-7(6)8;1-2-3/h7,13H,2,6,8-12H2,1,3-5H3;4-7H,3H2,1-2H3;2-5,8H,1H3;2H,1H3. The van der Waals surface area contributed by atoms with Crippen LogP contribution in [0, 0.1) is 25.2 Å². The zero-order valence-corrected chi connectivity index (χ0v) is 25.2. The smallest absolute Gasteiger partial charge is 0.135 e. The number of rotatable bonds is 11. The summed E-state index contributed by atoms with van der Waals surface area (Å²) in [6.07, 6.45) is 8.65. The third-order valence-electron chi connectivity index (χ3n) is 6.54. The van der Waals surface area contributed by atoms with Gasteiger partial charge in [0.05, 0.1) is 0 Å². The number of aldehydes is 1. The normalized spacial score (nSPS) is 12.0. The number of hydrogen-bond donors (Lipinski definition) is 1. The Bertz CT molecular complexity index is 909. The first kappa shape index (κ1) is 37.1. The summed E-state index contributed by atoms with van der Waals surface area (Å²) in [6, 6.07) is 15.9. The summed E-state index contributed by atoms with van der Waals surface area (Å²) in [7, 11) is 0. The number of para-hydroxylation sites is 1. The number of carbonyl (C=O) groups is 3. The average molecular weight is 525 g/mol. The predicted molar refractivity (Wildman–Crippen MR) is 162 cm³/mol. The molecule has 0 radical (unpaired) electrons. The van der Waals surface area contributed by atoms with E-state index >= 15 is 0 Å². The van der Waals surface area contributed by atoms with E-state index in [1.165, 1.54) is 18.1 Å². The molecular weight excluding hydrogens is 472 g/mol. The van der Waals surface area contributed by atoms with Gasteiger partial charge < -0.3 is 9.90 Å². The first-order valence-electron chi connectivity index (χ1n) is 13.8. The number of Topliss-reactive ketones (excluding diaryl/α,β-unsaturated/α-hetero) is 2. The van der Waals surface area contributed by atoms with Crippen molar-refractivity contribution in [3.05, 3.63) is 77.9 Å². The van der Waals surface area contributed by atoms with E-state index in [4.69, 9.17) is 9.90 Å². The molecule has 0 aliphatic heterocycles. The van der Waals surface area contributed by atoms with Gasteiger partial charge >= 0.3 is 0 Å². The van der Waals surface area contributed by atoms with Crippen molar-refractivity contribution in [3.8, 4) is 5.75 Å². The molecule has 2 unspecified atom stereocenters. The van der Waals surface area contributed by atoms with Gasteiger partial charge in [-0.1, -0.05) is 88.2 Å². The van der Waals surface area contributed by atoms with Gasteiger partial charge in [0.1, 0.15) is 23.6 Å². The van der Waals surface area contributed by atoms with Gasteiger partial charge in [-0.2, -0.15) is 0 Å². The maximum Gasteiger partial charge on any atom is 0.135 e. The molecule has 2 aromatic rings. The quantitative estimate of drug-likeness (QED) is 0.235. The van der Waals surface area contributed by atoms with Crippen molar-refractivity contribution in [1.82, 2.24) is 0 Å².